The first-order valence-electron chi connectivity index (χ1n) is 9.61. The summed E-state index contributed by atoms with van der Waals surface area (Å²) in [6.45, 7) is 3.17. The number of aromatic nitrogens is 4. The van der Waals surface area contributed by atoms with Crippen LogP contribution in [0.3, 0.4) is 0 Å². The number of fused-ring (bicyclic) bond motifs is 1. The molecule has 0 bridgehead atoms. The standard InChI is InChI=1S/C22H18N6OS/c23-12-18-14-26-28-15-17(11-19(22(18)28)30-21-3-1-2-6-24-21)16-4-5-20(25-13-16)27-7-9-29-10-8-27/h1-6,11,13-15H,7-10H2. The molecular formula is C22H18N6OS. The average Bonchev–Trinajstić information content (AvgIpc) is 3.24. The van der Waals surface area contributed by atoms with Gasteiger partial charge in [0.05, 0.1) is 30.5 Å². The number of hydrogen-bond donors (Lipinski definition) is 0. The van der Waals surface area contributed by atoms with Gasteiger partial charge in [-0.25, -0.2) is 14.5 Å². The van der Waals surface area contributed by atoms with Crippen LogP contribution in [0.5, 0.6) is 0 Å². The largest absolute Gasteiger partial charge is 0.378 e. The quantitative estimate of drug-likeness (QED) is 0.504. The lowest BCUT2D eigenvalue weighted by Crippen LogP contribution is -2.36. The fraction of sp³-hybridized carbons (Fsp3) is 0.182. The summed E-state index contributed by atoms with van der Waals surface area (Å²) in [6, 6.07) is 14.2. The maximum absolute atomic E-state index is 9.50. The van der Waals surface area contributed by atoms with E-state index < -0.39 is 0 Å². The fourth-order valence-corrected chi connectivity index (χ4v) is 4.43. The number of rotatable bonds is 4. The Labute approximate surface area is 177 Å². The van der Waals surface area contributed by atoms with Crippen LogP contribution in [0, 0.1) is 11.3 Å². The number of nitriles is 1. The number of anilines is 1. The first-order valence-corrected chi connectivity index (χ1v) is 10.4. The summed E-state index contributed by atoms with van der Waals surface area (Å²) < 4.78 is 7.18. The Kier molecular flexibility index (Phi) is 5.05. The molecule has 7 nitrogen and oxygen atoms in total. The molecule has 0 aliphatic carbocycles. The molecule has 8 heteroatoms. The topological polar surface area (TPSA) is 79.3 Å². The second-order valence-electron chi connectivity index (χ2n) is 6.83. The van der Waals surface area contributed by atoms with Crippen molar-refractivity contribution >= 4 is 23.1 Å². The van der Waals surface area contributed by atoms with E-state index in [2.05, 4.69) is 38.2 Å². The zero-order valence-corrected chi connectivity index (χ0v) is 16.9. The number of ether oxygens (including phenoxy) is 1. The van der Waals surface area contributed by atoms with Crippen molar-refractivity contribution in [2.24, 2.45) is 0 Å². The Morgan fingerprint density at radius 1 is 1.03 bits per heavy atom. The van der Waals surface area contributed by atoms with E-state index in [-0.39, 0.29) is 0 Å². The summed E-state index contributed by atoms with van der Waals surface area (Å²) in [5.74, 6) is 0.956. The fourth-order valence-electron chi connectivity index (χ4n) is 3.46. The molecule has 5 heterocycles. The first kappa shape index (κ1) is 18.6. The highest BCUT2D eigenvalue weighted by Gasteiger charge is 2.15. The molecule has 30 heavy (non-hydrogen) atoms. The lowest BCUT2D eigenvalue weighted by atomic mass is 10.1. The van der Waals surface area contributed by atoms with E-state index in [9.17, 15) is 5.26 Å². The van der Waals surface area contributed by atoms with Gasteiger partial charge in [0.25, 0.3) is 0 Å². The predicted molar refractivity (Wildman–Crippen MR) is 115 cm³/mol. The molecule has 4 aromatic heterocycles. The minimum Gasteiger partial charge on any atom is -0.378 e. The van der Waals surface area contributed by atoms with Crippen molar-refractivity contribution in [3.63, 3.8) is 0 Å². The van der Waals surface area contributed by atoms with Crippen molar-refractivity contribution in [2.45, 2.75) is 9.92 Å². The van der Waals surface area contributed by atoms with Gasteiger partial charge in [-0.1, -0.05) is 17.8 Å². The molecule has 148 valence electrons. The molecule has 1 saturated heterocycles. The summed E-state index contributed by atoms with van der Waals surface area (Å²) in [5.41, 5.74) is 3.30. The second-order valence-corrected chi connectivity index (χ2v) is 7.89. The summed E-state index contributed by atoms with van der Waals surface area (Å²) >= 11 is 1.52. The first-order chi connectivity index (χ1) is 14.8. The molecule has 1 aliphatic rings. The van der Waals surface area contributed by atoms with Gasteiger partial charge in [0, 0.05) is 47.7 Å². The van der Waals surface area contributed by atoms with Crippen LogP contribution in [0.1, 0.15) is 5.56 Å². The van der Waals surface area contributed by atoms with E-state index in [0.717, 1.165) is 58.7 Å². The summed E-state index contributed by atoms with van der Waals surface area (Å²) in [7, 11) is 0. The molecule has 0 spiro atoms. The molecular weight excluding hydrogens is 396 g/mol. The zero-order chi connectivity index (χ0) is 20.3. The molecule has 5 rings (SSSR count). The van der Waals surface area contributed by atoms with Crippen molar-refractivity contribution in [1.29, 1.82) is 5.26 Å². The Hall–Kier alpha value is -3.41. The van der Waals surface area contributed by atoms with Crippen molar-refractivity contribution in [1.82, 2.24) is 19.6 Å². The zero-order valence-electron chi connectivity index (χ0n) is 16.1. The highest BCUT2D eigenvalue weighted by atomic mass is 32.2. The van der Waals surface area contributed by atoms with Crippen LogP contribution in [0.2, 0.25) is 0 Å². The maximum Gasteiger partial charge on any atom is 0.128 e. The number of pyridine rings is 3. The molecule has 0 N–H and O–H groups in total. The molecule has 1 fully saturated rings. The summed E-state index contributed by atoms with van der Waals surface area (Å²) in [5, 5.41) is 14.8. The van der Waals surface area contributed by atoms with Crippen LogP contribution in [0.4, 0.5) is 5.82 Å². The van der Waals surface area contributed by atoms with E-state index in [1.165, 1.54) is 11.8 Å². The van der Waals surface area contributed by atoms with E-state index in [1.807, 2.05) is 36.7 Å². The van der Waals surface area contributed by atoms with Gasteiger partial charge in [0.1, 0.15) is 16.9 Å². The van der Waals surface area contributed by atoms with E-state index in [4.69, 9.17) is 4.74 Å². The molecule has 4 aromatic rings. The Morgan fingerprint density at radius 2 is 1.93 bits per heavy atom. The molecule has 0 atom stereocenters. The molecule has 0 aromatic carbocycles. The van der Waals surface area contributed by atoms with Gasteiger partial charge in [-0.15, -0.1) is 0 Å². The van der Waals surface area contributed by atoms with Gasteiger partial charge in [-0.05, 0) is 30.3 Å². The van der Waals surface area contributed by atoms with Crippen molar-refractivity contribution in [3.8, 4) is 17.2 Å². The third-order valence-corrected chi connectivity index (χ3v) is 5.95. The highest BCUT2D eigenvalue weighted by Crippen LogP contribution is 2.34. The van der Waals surface area contributed by atoms with Gasteiger partial charge >= 0.3 is 0 Å². The van der Waals surface area contributed by atoms with Crippen molar-refractivity contribution in [3.05, 3.63) is 66.7 Å². The van der Waals surface area contributed by atoms with Crippen LogP contribution in [-0.4, -0.2) is 45.9 Å². The highest BCUT2D eigenvalue weighted by molar-refractivity contribution is 7.99. The third-order valence-electron chi connectivity index (χ3n) is 4.97. The molecule has 0 amide bonds. The SMILES string of the molecule is N#Cc1cnn2cc(-c3ccc(N4CCOCC4)nc3)cc(Sc3ccccn3)c12. The maximum atomic E-state index is 9.50. The van der Waals surface area contributed by atoms with Crippen LogP contribution >= 0.6 is 11.8 Å². The lowest BCUT2D eigenvalue weighted by Gasteiger charge is -2.27. The minimum atomic E-state index is 0.542. The minimum absolute atomic E-state index is 0.542. The second kappa shape index (κ2) is 8.14. The van der Waals surface area contributed by atoms with Gasteiger partial charge in [0.2, 0.25) is 0 Å². The van der Waals surface area contributed by atoms with Crippen LogP contribution in [0.15, 0.2) is 71.1 Å². The molecule has 0 unspecified atom stereocenters. The van der Waals surface area contributed by atoms with Gasteiger partial charge in [-0.3, -0.25) is 0 Å². The van der Waals surface area contributed by atoms with Gasteiger partial charge in [-0.2, -0.15) is 10.4 Å². The Bertz CT molecular complexity index is 1210. The van der Waals surface area contributed by atoms with E-state index in [1.54, 1.807) is 16.9 Å². The lowest BCUT2D eigenvalue weighted by molar-refractivity contribution is 0.122. The van der Waals surface area contributed by atoms with Gasteiger partial charge in [0.15, 0.2) is 0 Å². The molecule has 0 radical (unpaired) electrons. The Morgan fingerprint density at radius 3 is 2.67 bits per heavy atom. The monoisotopic (exact) mass is 414 g/mol. The van der Waals surface area contributed by atoms with Crippen LogP contribution in [-0.2, 0) is 4.74 Å². The smallest absolute Gasteiger partial charge is 0.128 e. The van der Waals surface area contributed by atoms with Gasteiger partial charge < -0.3 is 9.64 Å². The number of hydrogen-bond acceptors (Lipinski definition) is 7. The third kappa shape index (κ3) is 3.61. The van der Waals surface area contributed by atoms with E-state index in [0.29, 0.717) is 5.56 Å². The van der Waals surface area contributed by atoms with Crippen LogP contribution < -0.4 is 4.90 Å². The number of nitrogens with zero attached hydrogens (tertiary/aromatic N) is 6. The molecule has 0 saturated carbocycles. The van der Waals surface area contributed by atoms with Crippen molar-refractivity contribution in [2.75, 3.05) is 31.2 Å². The van der Waals surface area contributed by atoms with E-state index >= 15 is 0 Å². The average molecular weight is 414 g/mol. The van der Waals surface area contributed by atoms with Crippen LogP contribution in [0.25, 0.3) is 16.6 Å². The summed E-state index contributed by atoms with van der Waals surface area (Å²) in [4.78, 5) is 12.2. The predicted octanol–water partition coefficient (Wildman–Crippen LogP) is 3.65. The summed E-state index contributed by atoms with van der Waals surface area (Å²) in [6.07, 6.45) is 7.18. The molecule has 1 aliphatic heterocycles. The van der Waals surface area contributed by atoms with Crippen molar-refractivity contribution < 1.29 is 4.74 Å². The Balaban J connectivity index is 1.54. The number of morpholine rings is 1. The normalized spacial score (nSPS) is 14.0.